The van der Waals surface area contributed by atoms with Crippen LogP contribution in [0.3, 0.4) is 0 Å². The third kappa shape index (κ3) is 8.26. The summed E-state index contributed by atoms with van der Waals surface area (Å²) in [6.45, 7) is 3.92. The van der Waals surface area contributed by atoms with E-state index in [9.17, 15) is 0 Å². The molecule has 1 fully saturated rings. The fourth-order valence-corrected chi connectivity index (χ4v) is 7.63. The van der Waals surface area contributed by atoms with E-state index in [-0.39, 0.29) is 43.3 Å². The van der Waals surface area contributed by atoms with Gasteiger partial charge in [-0.2, -0.15) is 18.0 Å². The summed E-state index contributed by atoms with van der Waals surface area (Å²) in [6.07, 6.45) is -5.13. The maximum Gasteiger partial charge on any atom is 0.494 e. The Morgan fingerprint density at radius 2 is 1.34 bits per heavy atom. The van der Waals surface area contributed by atoms with E-state index >= 15 is 21.6 Å². The van der Waals surface area contributed by atoms with Crippen LogP contribution in [0.5, 0.6) is 17.2 Å². The summed E-state index contributed by atoms with van der Waals surface area (Å²) in [6, 6.07) is 21.3. The number of aromatic nitrogens is 4. The number of tetrazole rings is 1. The molecule has 0 atom stereocenters. The van der Waals surface area contributed by atoms with E-state index in [1.807, 2.05) is 13.8 Å². The second-order valence-corrected chi connectivity index (χ2v) is 14.9. The average Bonchev–Trinajstić information content (AvgIpc) is 3.61. The number of hydrogen-bond acceptors (Lipinski definition) is 10. The summed E-state index contributed by atoms with van der Waals surface area (Å²) in [5.41, 5.74) is -0.990. The Hall–Kier alpha value is -5.13. The quantitative estimate of drug-likeness (QED) is 0.149. The number of sulfonamides is 1. The summed E-state index contributed by atoms with van der Waals surface area (Å²) < 4.78 is 104. The first-order valence-electron chi connectivity index (χ1n) is 16.4. The Morgan fingerprint density at radius 3 is 1.87 bits per heavy atom. The Bertz CT molecular complexity index is 2140. The largest absolute Gasteiger partial charge is 0.497 e. The van der Waals surface area contributed by atoms with Crippen molar-refractivity contribution in [3.8, 4) is 28.6 Å². The Labute approximate surface area is 305 Å². The molecule has 53 heavy (non-hydrogen) atoms. The minimum atomic E-state index is -5.13. The summed E-state index contributed by atoms with van der Waals surface area (Å²) in [4.78, 5) is 0.0925. The van der Waals surface area contributed by atoms with E-state index in [0.717, 1.165) is 22.0 Å². The van der Waals surface area contributed by atoms with Crippen LogP contribution in [0.25, 0.3) is 11.4 Å². The second kappa shape index (κ2) is 15.1. The van der Waals surface area contributed by atoms with Gasteiger partial charge in [-0.05, 0) is 76.4 Å². The van der Waals surface area contributed by atoms with Gasteiger partial charge in [-0.25, -0.2) is 8.42 Å². The molecule has 6 rings (SSSR count). The Morgan fingerprint density at radius 1 is 0.811 bits per heavy atom. The lowest BCUT2D eigenvalue weighted by atomic mass is 9.72. The van der Waals surface area contributed by atoms with Crippen LogP contribution in [0.15, 0.2) is 89.8 Å². The van der Waals surface area contributed by atoms with Crippen molar-refractivity contribution in [2.24, 2.45) is 5.41 Å². The summed E-state index contributed by atoms with van der Waals surface area (Å²) in [5.74, 6) is 1.19. The van der Waals surface area contributed by atoms with Crippen molar-refractivity contribution in [1.82, 2.24) is 20.2 Å². The molecule has 0 unspecified atom stereocenters. The van der Waals surface area contributed by atoms with Gasteiger partial charge in [0, 0.05) is 24.2 Å². The van der Waals surface area contributed by atoms with Crippen LogP contribution in [0.4, 0.5) is 18.9 Å². The van der Waals surface area contributed by atoms with Crippen LogP contribution in [0, 0.1) is 5.41 Å². The Kier molecular flexibility index (Phi) is 10.7. The van der Waals surface area contributed by atoms with Crippen molar-refractivity contribution in [2.45, 2.75) is 38.0 Å². The lowest BCUT2D eigenvalue weighted by Crippen LogP contribution is -2.48. The molecule has 278 valence electrons. The van der Waals surface area contributed by atoms with Gasteiger partial charge >= 0.3 is 13.3 Å². The highest BCUT2D eigenvalue weighted by atomic mass is 32.2. The molecule has 0 saturated carbocycles. The molecule has 0 spiro atoms. The summed E-state index contributed by atoms with van der Waals surface area (Å²) >= 11 is 0. The third-order valence-electron chi connectivity index (χ3n) is 8.55. The minimum absolute atomic E-state index is 0.00444. The predicted molar refractivity (Wildman–Crippen MR) is 191 cm³/mol. The van der Waals surface area contributed by atoms with Gasteiger partial charge in [-0.15, -0.1) is 10.2 Å². The van der Waals surface area contributed by atoms with Crippen molar-refractivity contribution in [3.05, 3.63) is 102 Å². The van der Waals surface area contributed by atoms with Gasteiger partial charge in [0.25, 0.3) is 10.0 Å². The number of methoxy groups -OCH3 is 3. The molecular formula is C36H37BF3N5O7S. The van der Waals surface area contributed by atoms with Gasteiger partial charge in [0.05, 0.1) is 45.7 Å². The number of benzene rings is 4. The van der Waals surface area contributed by atoms with E-state index in [1.54, 1.807) is 48.5 Å². The van der Waals surface area contributed by atoms with Crippen LogP contribution in [-0.4, -0.2) is 70.3 Å². The van der Waals surface area contributed by atoms with E-state index < -0.39 is 44.8 Å². The van der Waals surface area contributed by atoms with E-state index in [2.05, 4.69) is 15.4 Å². The van der Waals surface area contributed by atoms with Gasteiger partial charge in [0.15, 0.2) is 0 Å². The molecular weight excluding hydrogens is 714 g/mol. The van der Waals surface area contributed by atoms with Crippen molar-refractivity contribution >= 4 is 28.3 Å². The predicted octanol–water partition coefficient (Wildman–Crippen LogP) is 5.60. The van der Waals surface area contributed by atoms with Crippen LogP contribution < -0.4 is 24.0 Å². The molecule has 0 aliphatic carbocycles. The van der Waals surface area contributed by atoms with Crippen molar-refractivity contribution in [2.75, 3.05) is 38.8 Å². The number of halogens is 3. The highest BCUT2D eigenvalue weighted by Crippen LogP contribution is 2.41. The highest BCUT2D eigenvalue weighted by molar-refractivity contribution is 7.93. The zero-order valence-electron chi connectivity index (χ0n) is 29.6. The molecule has 5 aromatic rings. The maximum atomic E-state index is 15.2. The summed E-state index contributed by atoms with van der Waals surface area (Å²) in [7, 11) is -1.90. The summed E-state index contributed by atoms with van der Waals surface area (Å²) in [5, 5.41) is 12.7. The number of ether oxygens (including phenoxy) is 3. The first-order chi connectivity index (χ1) is 25.2. The number of hydrogen-bond donors (Lipinski definition) is 0. The van der Waals surface area contributed by atoms with Crippen molar-refractivity contribution < 1.29 is 45.1 Å². The van der Waals surface area contributed by atoms with E-state index in [4.69, 9.17) is 23.5 Å². The van der Waals surface area contributed by atoms with Crippen molar-refractivity contribution in [3.63, 3.8) is 0 Å². The number of rotatable bonds is 12. The minimum Gasteiger partial charge on any atom is -0.497 e. The second-order valence-electron chi connectivity index (χ2n) is 13.1. The number of alkyl halides is 3. The third-order valence-corrected chi connectivity index (χ3v) is 10.4. The molecule has 1 aliphatic heterocycles. The molecule has 0 amide bonds. The lowest BCUT2D eigenvalue weighted by Gasteiger charge is -2.34. The standard InChI is InChI=1S/C36H37BF3N5O7S/c1-35(2)22-51-37(52-23-35)31-19-18-30(36(38,39)40)33(32(31)34-41-43-45(42-34)21-25-8-14-28(49-4)15-9-25)53(46,47)44(26-10-16-29(50-5)17-11-26)20-24-6-12-27(48-3)13-7-24/h6-19H,20-23H2,1-5H3. The van der Waals surface area contributed by atoms with Gasteiger partial charge in [-0.3, -0.25) is 4.31 Å². The molecule has 17 heteroatoms. The molecule has 0 N–H and O–H groups in total. The Balaban J connectivity index is 1.57. The SMILES string of the molecule is COc1ccc(CN(c2ccc(OC)cc2)S(=O)(=O)c2c(C(F)(F)F)ccc(B3OCC(C)(C)CO3)c2-c2nnn(Cc3ccc(OC)cc3)n2)cc1. The molecule has 12 nitrogen and oxygen atoms in total. The first kappa shape index (κ1) is 37.6. The molecule has 2 heterocycles. The zero-order valence-corrected chi connectivity index (χ0v) is 30.4. The highest BCUT2D eigenvalue weighted by Gasteiger charge is 2.45. The molecule has 1 saturated heterocycles. The van der Waals surface area contributed by atoms with Crippen LogP contribution in [0.1, 0.15) is 30.5 Å². The van der Waals surface area contributed by atoms with Gasteiger partial charge < -0.3 is 23.5 Å². The topological polar surface area (TPSA) is 127 Å². The number of nitrogens with zero attached hydrogens (tertiary/aromatic N) is 5. The lowest BCUT2D eigenvalue weighted by molar-refractivity contribution is -0.139. The molecule has 1 aliphatic rings. The number of anilines is 1. The average molecular weight is 752 g/mol. The molecule has 4 aromatic carbocycles. The van der Waals surface area contributed by atoms with Gasteiger partial charge in [0.1, 0.15) is 22.1 Å². The van der Waals surface area contributed by atoms with E-state index in [1.165, 1.54) is 50.4 Å². The van der Waals surface area contributed by atoms with Gasteiger partial charge in [-0.1, -0.05) is 44.2 Å². The first-order valence-corrected chi connectivity index (χ1v) is 17.8. The molecule has 0 bridgehead atoms. The zero-order chi connectivity index (χ0) is 38.0. The van der Waals surface area contributed by atoms with Crippen molar-refractivity contribution in [1.29, 1.82) is 0 Å². The monoisotopic (exact) mass is 751 g/mol. The van der Waals surface area contributed by atoms with Gasteiger partial charge in [0.2, 0.25) is 5.82 Å². The maximum absolute atomic E-state index is 15.2. The van der Waals surface area contributed by atoms with Crippen LogP contribution >= 0.6 is 0 Å². The fraction of sp³-hybridized carbons (Fsp3) is 0.306. The van der Waals surface area contributed by atoms with Crippen LogP contribution in [-0.2, 0) is 38.6 Å². The molecule has 1 aromatic heterocycles. The molecule has 0 radical (unpaired) electrons. The van der Waals surface area contributed by atoms with E-state index in [0.29, 0.717) is 22.8 Å². The smallest absolute Gasteiger partial charge is 0.494 e. The fourth-order valence-electron chi connectivity index (χ4n) is 5.76. The normalized spacial score (nSPS) is 14.5. The van der Waals surface area contributed by atoms with Crippen LogP contribution in [0.2, 0.25) is 0 Å².